The monoisotopic (exact) mass is 298 g/mol. The summed E-state index contributed by atoms with van der Waals surface area (Å²) in [6, 6.07) is 2.06. The second kappa shape index (κ2) is 6.68. The van der Waals surface area contributed by atoms with Crippen LogP contribution in [0.1, 0.15) is 24.2 Å². The number of piperidine rings is 1. The number of aromatic nitrogens is 4. The van der Waals surface area contributed by atoms with Crippen molar-refractivity contribution >= 4 is 11.6 Å². The number of nitrogens with one attached hydrogen (secondary N) is 1. The van der Waals surface area contributed by atoms with Crippen molar-refractivity contribution in [2.24, 2.45) is 5.92 Å². The molecule has 0 amide bonds. The van der Waals surface area contributed by atoms with Crippen LogP contribution in [0.15, 0.2) is 24.8 Å². The molecule has 2 aromatic rings. The molecule has 22 heavy (non-hydrogen) atoms. The SMILES string of the molecule is CNc1nccnc1C[C@@H]1CCCN(c2cc(C)ncn2)C1. The molecule has 2 aromatic heterocycles. The first-order valence-electron chi connectivity index (χ1n) is 7.77. The Bertz CT molecular complexity index is 630. The molecule has 1 saturated heterocycles. The fourth-order valence-electron chi connectivity index (χ4n) is 3.05. The molecule has 0 aliphatic carbocycles. The Morgan fingerprint density at radius 1 is 1.23 bits per heavy atom. The van der Waals surface area contributed by atoms with Gasteiger partial charge in [0.25, 0.3) is 0 Å². The zero-order valence-corrected chi connectivity index (χ0v) is 13.2. The molecular formula is C16H22N6. The maximum atomic E-state index is 4.49. The van der Waals surface area contributed by atoms with Gasteiger partial charge in [0.05, 0.1) is 5.69 Å². The normalized spacial score (nSPS) is 18.3. The van der Waals surface area contributed by atoms with Crippen LogP contribution in [0.5, 0.6) is 0 Å². The molecule has 0 saturated carbocycles. The van der Waals surface area contributed by atoms with Crippen molar-refractivity contribution in [3.8, 4) is 0 Å². The number of hydrogen-bond acceptors (Lipinski definition) is 6. The Morgan fingerprint density at radius 2 is 2.09 bits per heavy atom. The molecule has 3 heterocycles. The zero-order valence-electron chi connectivity index (χ0n) is 13.2. The van der Waals surface area contributed by atoms with Crippen molar-refractivity contribution in [3.63, 3.8) is 0 Å². The molecule has 6 heteroatoms. The van der Waals surface area contributed by atoms with E-state index in [1.807, 2.05) is 14.0 Å². The van der Waals surface area contributed by atoms with E-state index >= 15 is 0 Å². The van der Waals surface area contributed by atoms with Gasteiger partial charge in [-0.25, -0.2) is 15.0 Å². The molecular weight excluding hydrogens is 276 g/mol. The first-order chi connectivity index (χ1) is 10.8. The second-order valence-electron chi connectivity index (χ2n) is 5.78. The minimum atomic E-state index is 0.577. The van der Waals surface area contributed by atoms with E-state index < -0.39 is 0 Å². The lowest BCUT2D eigenvalue weighted by molar-refractivity contribution is 0.408. The third-order valence-corrected chi connectivity index (χ3v) is 4.13. The lowest BCUT2D eigenvalue weighted by Crippen LogP contribution is -2.37. The Labute approximate surface area is 131 Å². The third kappa shape index (κ3) is 3.32. The lowest BCUT2D eigenvalue weighted by atomic mass is 9.93. The summed E-state index contributed by atoms with van der Waals surface area (Å²) < 4.78 is 0. The largest absolute Gasteiger partial charge is 0.372 e. The number of nitrogens with zero attached hydrogens (tertiary/aromatic N) is 5. The van der Waals surface area contributed by atoms with Crippen molar-refractivity contribution in [3.05, 3.63) is 36.2 Å². The van der Waals surface area contributed by atoms with Crippen LogP contribution >= 0.6 is 0 Å². The first-order valence-corrected chi connectivity index (χ1v) is 7.77. The zero-order chi connectivity index (χ0) is 15.4. The van der Waals surface area contributed by atoms with Crippen LogP contribution in [0, 0.1) is 12.8 Å². The van der Waals surface area contributed by atoms with E-state index in [1.165, 1.54) is 12.8 Å². The first kappa shape index (κ1) is 14.7. The van der Waals surface area contributed by atoms with Crippen molar-refractivity contribution in [1.82, 2.24) is 19.9 Å². The molecule has 1 atom stereocenters. The predicted molar refractivity (Wildman–Crippen MR) is 87.0 cm³/mol. The second-order valence-corrected chi connectivity index (χ2v) is 5.78. The quantitative estimate of drug-likeness (QED) is 0.932. The summed E-state index contributed by atoms with van der Waals surface area (Å²) in [5.74, 6) is 2.50. The highest BCUT2D eigenvalue weighted by molar-refractivity contribution is 5.41. The molecule has 0 aromatic carbocycles. The van der Waals surface area contributed by atoms with E-state index in [9.17, 15) is 0 Å². The van der Waals surface area contributed by atoms with E-state index in [0.717, 1.165) is 42.5 Å². The van der Waals surface area contributed by atoms with Crippen LogP contribution in [-0.4, -0.2) is 40.1 Å². The van der Waals surface area contributed by atoms with Gasteiger partial charge in [-0.05, 0) is 32.1 Å². The van der Waals surface area contributed by atoms with Crippen molar-refractivity contribution in [1.29, 1.82) is 0 Å². The van der Waals surface area contributed by atoms with E-state index in [1.54, 1.807) is 18.7 Å². The highest BCUT2D eigenvalue weighted by Gasteiger charge is 2.22. The highest BCUT2D eigenvalue weighted by Crippen LogP contribution is 2.25. The van der Waals surface area contributed by atoms with E-state index in [-0.39, 0.29) is 0 Å². The third-order valence-electron chi connectivity index (χ3n) is 4.13. The smallest absolute Gasteiger partial charge is 0.147 e. The Hall–Kier alpha value is -2.24. The van der Waals surface area contributed by atoms with Gasteiger partial charge in [-0.1, -0.05) is 0 Å². The van der Waals surface area contributed by atoms with Gasteiger partial charge in [0.2, 0.25) is 0 Å². The molecule has 1 aliphatic rings. The van der Waals surface area contributed by atoms with Crippen LogP contribution in [0.3, 0.4) is 0 Å². The van der Waals surface area contributed by atoms with Gasteiger partial charge < -0.3 is 10.2 Å². The molecule has 0 radical (unpaired) electrons. The predicted octanol–water partition coefficient (Wildman–Crippen LogP) is 2.08. The van der Waals surface area contributed by atoms with Gasteiger partial charge in [0, 0.05) is 44.3 Å². The number of hydrogen-bond donors (Lipinski definition) is 1. The van der Waals surface area contributed by atoms with Gasteiger partial charge in [0.15, 0.2) is 0 Å². The Balaban J connectivity index is 1.70. The molecule has 0 bridgehead atoms. The maximum Gasteiger partial charge on any atom is 0.147 e. The number of rotatable bonds is 4. The molecule has 6 nitrogen and oxygen atoms in total. The van der Waals surface area contributed by atoms with Gasteiger partial charge in [-0.3, -0.25) is 4.98 Å². The van der Waals surface area contributed by atoms with Crippen molar-refractivity contribution in [2.45, 2.75) is 26.2 Å². The minimum absolute atomic E-state index is 0.577. The van der Waals surface area contributed by atoms with Gasteiger partial charge in [0.1, 0.15) is 18.0 Å². The molecule has 0 spiro atoms. The summed E-state index contributed by atoms with van der Waals surface area (Å²) >= 11 is 0. The number of anilines is 2. The van der Waals surface area contributed by atoms with Crippen LogP contribution in [0.4, 0.5) is 11.6 Å². The Morgan fingerprint density at radius 3 is 2.91 bits per heavy atom. The minimum Gasteiger partial charge on any atom is -0.372 e. The fourth-order valence-corrected chi connectivity index (χ4v) is 3.05. The standard InChI is InChI=1S/C16H22N6/c1-12-8-15(21-11-20-12)22-7-3-4-13(10-22)9-14-16(17-2)19-6-5-18-14/h5-6,8,11,13H,3-4,7,9-10H2,1-2H3,(H,17,19)/t13-/m0/s1. The number of aryl methyl sites for hydroxylation is 1. The molecule has 1 aliphatic heterocycles. The summed E-state index contributed by atoms with van der Waals surface area (Å²) in [6.07, 6.45) is 8.50. The molecule has 3 rings (SSSR count). The summed E-state index contributed by atoms with van der Waals surface area (Å²) in [6.45, 7) is 4.08. The summed E-state index contributed by atoms with van der Waals surface area (Å²) in [4.78, 5) is 19.8. The summed E-state index contributed by atoms with van der Waals surface area (Å²) in [5.41, 5.74) is 2.06. The van der Waals surface area contributed by atoms with Crippen LogP contribution < -0.4 is 10.2 Å². The topological polar surface area (TPSA) is 66.8 Å². The van der Waals surface area contributed by atoms with Gasteiger partial charge in [-0.15, -0.1) is 0 Å². The van der Waals surface area contributed by atoms with E-state index in [4.69, 9.17) is 0 Å². The molecule has 1 N–H and O–H groups in total. The fraction of sp³-hybridized carbons (Fsp3) is 0.500. The van der Waals surface area contributed by atoms with E-state index in [0.29, 0.717) is 5.92 Å². The Kier molecular flexibility index (Phi) is 4.46. The maximum absolute atomic E-state index is 4.49. The van der Waals surface area contributed by atoms with Crippen LogP contribution in [-0.2, 0) is 6.42 Å². The van der Waals surface area contributed by atoms with Gasteiger partial charge >= 0.3 is 0 Å². The highest BCUT2D eigenvalue weighted by atomic mass is 15.2. The van der Waals surface area contributed by atoms with Crippen molar-refractivity contribution in [2.75, 3.05) is 30.4 Å². The lowest BCUT2D eigenvalue weighted by Gasteiger charge is -2.33. The van der Waals surface area contributed by atoms with Crippen LogP contribution in [0.25, 0.3) is 0 Å². The summed E-state index contributed by atoms with van der Waals surface area (Å²) in [5, 5.41) is 3.13. The summed E-state index contributed by atoms with van der Waals surface area (Å²) in [7, 11) is 1.89. The van der Waals surface area contributed by atoms with E-state index in [2.05, 4.69) is 36.2 Å². The van der Waals surface area contributed by atoms with Crippen LogP contribution in [0.2, 0.25) is 0 Å². The van der Waals surface area contributed by atoms with Crippen molar-refractivity contribution < 1.29 is 0 Å². The average molecular weight is 298 g/mol. The average Bonchev–Trinajstić information content (AvgIpc) is 2.56. The molecule has 0 unspecified atom stereocenters. The molecule has 1 fully saturated rings. The van der Waals surface area contributed by atoms with Gasteiger partial charge in [-0.2, -0.15) is 0 Å². The molecule has 116 valence electrons.